The van der Waals surface area contributed by atoms with Gasteiger partial charge < -0.3 is 14.4 Å². The quantitative estimate of drug-likeness (QED) is 0.848. The number of nitriles is 1. The van der Waals surface area contributed by atoms with E-state index in [0.29, 0.717) is 30.9 Å². The predicted octanol–water partition coefficient (Wildman–Crippen LogP) is 1.14. The average molecular weight is 341 g/mol. The van der Waals surface area contributed by atoms with Gasteiger partial charge in [0, 0.05) is 26.6 Å². The van der Waals surface area contributed by atoms with Crippen LogP contribution >= 0.6 is 0 Å². The van der Waals surface area contributed by atoms with Crippen molar-refractivity contribution in [2.75, 3.05) is 26.2 Å². The van der Waals surface area contributed by atoms with Crippen molar-refractivity contribution in [3.05, 3.63) is 42.0 Å². The lowest BCUT2D eigenvalue weighted by atomic mass is 9.89. The fourth-order valence-corrected chi connectivity index (χ4v) is 3.25. The molecule has 0 aliphatic carbocycles. The second kappa shape index (κ2) is 7.64. The van der Waals surface area contributed by atoms with Crippen LogP contribution < -0.4 is 4.74 Å². The van der Waals surface area contributed by atoms with E-state index in [1.807, 2.05) is 23.7 Å². The molecule has 1 aromatic heterocycles. The lowest BCUT2D eigenvalue weighted by Gasteiger charge is -2.38. The van der Waals surface area contributed by atoms with Gasteiger partial charge in [0.15, 0.2) is 0 Å². The summed E-state index contributed by atoms with van der Waals surface area (Å²) in [7, 11) is 1.89. The molecule has 132 valence electrons. The molecule has 1 unspecified atom stereocenters. The van der Waals surface area contributed by atoms with Gasteiger partial charge in [-0.2, -0.15) is 5.26 Å². The van der Waals surface area contributed by atoms with E-state index in [9.17, 15) is 5.11 Å². The number of hydrogen-bond acceptors (Lipinski definition) is 6. The summed E-state index contributed by atoms with van der Waals surface area (Å²) in [5.41, 5.74) is -0.187. The number of aromatic nitrogens is 3. The molecule has 0 radical (unpaired) electrons. The summed E-state index contributed by atoms with van der Waals surface area (Å²) < 4.78 is 7.59. The highest BCUT2D eigenvalue weighted by molar-refractivity contribution is 5.36. The molecule has 1 aliphatic rings. The van der Waals surface area contributed by atoms with Gasteiger partial charge in [0.25, 0.3) is 0 Å². The van der Waals surface area contributed by atoms with Crippen LogP contribution in [0, 0.1) is 11.3 Å². The lowest BCUT2D eigenvalue weighted by Crippen LogP contribution is -2.50. The maximum absolute atomic E-state index is 10.9. The molecule has 0 saturated carbocycles. The third-order valence-electron chi connectivity index (χ3n) is 4.57. The Morgan fingerprint density at radius 2 is 2.32 bits per heavy atom. The number of benzene rings is 1. The van der Waals surface area contributed by atoms with Gasteiger partial charge in [0.2, 0.25) is 0 Å². The Kier molecular flexibility index (Phi) is 5.31. The van der Waals surface area contributed by atoms with Crippen LogP contribution in [0.4, 0.5) is 0 Å². The van der Waals surface area contributed by atoms with Crippen molar-refractivity contribution in [3.8, 4) is 11.8 Å². The van der Waals surface area contributed by atoms with Crippen LogP contribution in [-0.4, -0.2) is 56.6 Å². The molecule has 1 aromatic carbocycles. The number of likely N-dealkylation sites (tertiary alicyclic amines) is 1. The molecule has 2 heterocycles. The van der Waals surface area contributed by atoms with E-state index in [-0.39, 0.29) is 0 Å². The first-order chi connectivity index (χ1) is 12.1. The van der Waals surface area contributed by atoms with Crippen molar-refractivity contribution in [2.24, 2.45) is 7.05 Å². The van der Waals surface area contributed by atoms with Crippen molar-refractivity contribution in [3.63, 3.8) is 0 Å². The van der Waals surface area contributed by atoms with Gasteiger partial charge >= 0.3 is 0 Å². The van der Waals surface area contributed by atoms with E-state index in [4.69, 9.17) is 10.00 Å². The van der Waals surface area contributed by atoms with E-state index < -0.39 is 5.60 Å². The van der Waals surface area contributed by atoms with Gasteiger partial charge in [-0.25, -0.2) is 0 Å². The van der Waals surface area contributed by atoms with Crippen molar-refractivity contribution in [1.82, 2.24) is 19.7 Å². The number of β-amino-alcohol motifs (C(OH)–C–C–N with tert-alkyl or cyclic N) is 1. The fraction of sp³-hybridized carbons (Fsp3) is 0.500. The summed E-state index contributed by atoms with van der Waals surface area (Å²) >= 11 is 0. The Hall–Kier alpha value is -2.43. The summed E-state index contributed by atoms with van der Waals surface area (Å²) in [6, 6.07) is 9.26. The Morgan fingerprint density at radius 1 is 1.44 bits per heavy atom. The molecule has 2 aromatic rings. The first kappa shape index (κ1) is 17.4. The SMILES string of the molecule is Cn1cnnc1CC1(O)CCCN(CCOc2cccc(C#N)c2)C1. The Bertz CT molecular complexity index is 754. The fourth-order valence-electron chi connectivity index (χ4n) is 3.25. The minimum absolute atomic E-state index is 0.505. The number of aryl methyl sites for hydroxylation is 1. The van der Waals surface area contributed by atoms with Gasteiger partial charge in [-0.3, -0.25) is 4.90 Å². The van der Waals surface area contributed by atoms with Crippen molar-refractivity contribution < 1.29 is 9.84 Å². The van der Waals surface area contributed by atoms with E-state index >= 15 is 0 Å². The molecule has 0 amide bonds. The van der Waals surface area contributed by atoms with E-state index in [1.54, 1.807) is 18.5 Å². The van der Waals surface area contributed by atoms with Crippen LogP contribution in [0.25, 0.3) is 0 Å². The lowest BCUT2D eigenvalue weighted by molar-refractivity contribution is -0.0344. The number of ether oxygens (including phenoxy) is 1. The third-order valence-corrected chi connectivity index (χ3v) is 4.57. The van der Waals surface area contributed by atoms with Crippen LogP contribution in [0.3, 0.4) is 0 Å². The Labute approximate surface area is 147 Å². The molecular weight excluding hydrogens is 318 g/mol. The topological polar surface area (TPSA) is 87.2 Å². The van der Waals surface area contributed by atoms with Gasteiger partial charge in [0.05, 0.1) is 17.2 Å². The first-order valence-corrected chi connectivity index (χ1v) is 8.49. The number of aliphatic hydroxyl groups is 1. The van der Waals surface area contributed by atoms with E-state index in [1.165, 1.54) is 0 Å². The van der Waals surface area contributed by atoms with Crippen molar-refractivity contribution in [1.29, 1.82) is 5.26 Å². The molecule has 3 rings (SSSR count). The zero-order valence-corrected chi connectivity index (χ0v) is 14.4. The zero-order chi connectivity index (χ0) is 17.7. The molecule has 1 N–H and O–H groups in total. The number of hydrogen-bond donors (Lipinski definition) is 1. The second-order valence-electron chi connectivity index (χ2n) is 6.63. The molecule has 1 aliphatic heterocycles. The number of nitrogens with zero attached hydrogens (tertiary/aromatic N) is 5. The maximum atomic E-state index is 10.9. The van der Waals surface area contributed by atoms with Crippen LogP contribution in [0.1, 0.15) is 24.2 Å². The average Bonchev–Trinajstić information content (AvgIpc) is 2.99. The maximum Gasteiger partial charge on any atom is 0.135 e. The minimum atomic E-state index is -0.778. The summed E-state index contributed by atoms with van der Waals surface area (Å²) in [6.45, 7) is 2.80. The number of piperidine rings is 1. The second-order valence-corrected chi connectivity index (χ2v) is 6.63. The number of rotatable bonds is 6. The minimum Gasteiger partial charge on any atom is -0.492 e. The zero-order valence-electron chi connectivity index (χ0n) is 14.4. The normalized spacial score (nSPS) is 21.0. The molecule has 0 spiro atoms. The first-order valence-electron chi connectivity index (χ1n) is 8.49. The van der Waals surface area contributed by atoms with Crippen LogP contribution in [0.5, 0.6) is 5.75 Å². The molecule has 25 heavy (non-hydrogen) atoms. The molecular formula is C18H23N5O2. The monoisotopic (exact) mass is 341 g/mol. The van der Waals surface area contributed by atoms with Gasteiger partial charge in [-0.15, -0.1) is 10.2 Å². The van der Waals surface area contributed by atoms with Crippen molar-refractivity contribution >= 4 is 0 Å². The van der Waals surface area contributed by atoms with Crippen LogP contribution in [0.2, 0.25) is 0 Å². The summed E-state index contributed by atoms with van der Waals surface area (Å²) in [6.07, 6.45) is 3.87. The Balaban J connectivity index is 1.51. The summed E-state index contributed by atoms with van der Waals surface area (Å²) in [4.78, 5) is 2.22. The van der Waals surface area contributed by atoms with Gasteiger partial charge in [-0.05, 0) is 37.6 Å². The van der Waals surface area contributed by atoms with Gasteiger partial charge in [0.1, 0.15) is 24.5 Å². The van der Waals surface area contributed by atoms with Crippen LogP contribution in [-0.2, 0) is 13.5 Å². The highest BCUT2D eigenvalue weighted by Crippen LogP contribution is 2.24. The third kappa shape index (κ3) is 4.56. The summed E-state index contributed by atoms with van der Waals surface area (Å²) in [5, 5.41) is 27.8. The smallest absolute Gasteiger partial charge is 0.135 e. The van der Waals surface area contributed by atoms with Crippen LogP contribution in [0.15, 0.2) is 30.6 Å². The van der Waals surface area contributed by atoms with Gasteiger partial charge in [-0.1, -0.05) is 6.07 Å². The molecule has 7 heteroatoms. The van der Waals surface area contributed by atoms with E-state index in [0.717, 1.165) is 31.8 Å². The molecule has 1 saturated heterocycles. The predicted molar refractivity (Wildman–Crippen MR) is 92.0 cm³/mol. The molecule has 0 bridgehead atoms. The van der Waals surface area contributed by atoms with Crippen molar-refractivity contribution in [2.45, 2.75) is 24.9 Å². The molecule has 1 atom stereocenters. The largest absolute Gasteiger partial charge is 0.492 e. The Morgan fingerprint density at radius 3 is 3.08 bits per heavy atom. The highest BCUT2D eigenvalue weighted by atomic mass is 16.5. The van der Waals surface area contributed by atoms with E-state index in [2.05, 4.69) is 21.2 Å². The summed E-state index contributed by atoms with van der Waals surface area (Å²) in [5.74, 6) is 1.50. The standard InChI is InChI=1S/C18H23N5O2/c1-22-14-20-21-17(22)11-18(24)6-3-7-23(13-18)8-9-25-16-5-2-4-15(10-16)12-19/h2,4-5,10,14,24H,3,6-9,11,13H2,1H3. The highest BCUT2D eigenvalue weighted by Gasteiger charge is 2.34. The molecule has 7 nitrogen and oxygen atoms in total. The molecule has 1 fully saturated rings.